The maximum absolute atomic E-state index is 15.9. The van der Waals surface area contributed by atoms with E-state index in [9.17, 15) is 30.4 Å². The maximum Gasteiger partial charge on any atom is 0.422 e. The first kappa shape index (κ1) is 25.9. The minimum absolute atomic E-state index is 0.0427. The number of sulfonamides is 1. The summed E-state index contributed by atoms with van der Waals surface area (Å²) in [6.45, 7) is -1.58. The number of hydrogen-bond donors (Lipinski definition) is 1. The van der Waals surface area contributed by atoms with E-state index in [1.807, 2.05) is 0 Å². The van der Waals surface area contributed by atoms with Crippen LogP contribution in [0.2, 0.25) is 0 Å². The molecule has 1 saturated carbocycles. The predicted molar refractivity (Wildman–Crippen MR) is 113 cm³/mol. The summed E-state index contributed by atoms with van der Waals surface area (Å²) in [6.07, 6.45) is -2.51. The van der Waals surface area contributed by atoms with Crippen molar-refractivity contribution in [1.29, 1.82) is 0 Å². The Bertz CT molecular complexity index is 1330. The van der Waals surface area contributed by atoms with Gasteiger partial charge in [-0.05, 0) is 24.5 Å². The van der Waals surface area contributed by atoms with Gasteiger partial charge < -0.3 is 9.30 Å². The Balaban J connectivity index is 1.74. The Morgan fingerprint density at radius 2 is 1.81 bits per heavy atom. The van der Waals surface area contributed by atoms with Crippen LogP contribution in [0.5, 0.6) is 5.88 Å². The smallest absolute Gasteiger partial charge is 0.422 e. The minimum atomic E-state index is -4.59. The molecule has 36 heavy (non-hydrogen) atoms. The van der Waals surface area contributed by atoms with Crippen LogP contribution in [0.1, 0.15) is 36.8 Å². The minimum Gasteiger partial charge on any atom is -0.468 e. The third-order valence-corrected chi connectivity index (χ3v) is 6.75. The van der Waals surface area contributed by atoms with Gasteiger partial charge in [-0.1, -0.05) is 6.07 Å². The highest BCUT2D eigenvalue weighted by molar-refractivity contribution is 7.89. The van der Waals surface area contributed by atoms with E-state index < -0.39 is 69.8 Å². The fourth-order valence-electron chi connectivity index (χ4n) is 4.34. The SMILES string of the molecule is NS(=O)(=O)c1ccc(-c2ccc(OCC(F)(F)F)nc2)c(F)c1[C@@H]1C[C@H](n2cnnc2)CC(F)(F)C1. The van der Waals surface area contributed by atoms with E-state index >= 15 is 4.39 Å². The van der Waals surface area contributed by atoms with Crippen molar-refractivity contribution in [2.45, 2.75) is 48.2 Å². The first-order chi connectivity index (χ1) is 16.7. The molecule has 0 spiro atoms. The number of ether oxygens (including phenoxy) is 1. The molecule has 8 nitrogen and oxygen atoms in total. The topological polar surface area (TPSA) is 113 Å². The Morgan fingerprint density at radius 3 is 2.39 bits per heavy atom. The number of rotatable bonds is 6. The van der Waals surface area contributed by atoms with E-state index in [2.05, 4.69) is 19.9 Å². The second-order valence-electron chi connectivity index (χ2n) is 8.43. The molecule has 1 aromatic carbocycles. The number of alkyl halides is 5. The van der Waals surface area contributed by atoms with Crippen molar-refractivity contribution in [2.75, 3.05) is 6.61 Å². The standard InChI is InChI=1S/C21H19F6N5O3S/c22-19-15(12-1-4-17(29-8-12)35-9-21(25,26)27)2-3-16(36(28,33)34)18(19)13-5-14(7-20(23,24)6-13)32-10-30-31-11-32/h1-4,8,10-11,13-14H,5-7,9H2,(H2,28,33,34)/t13-,14+/m1/s1. The molecule has 0 unspecified atom stereocenters. The largest absolute Gasteiger partial charge is 0.468 e. The summed E-state index contributed by atoms with van der Waals surface area (Å²) < 4.78 is 113. The van der Waals surface area contributed by atoms with Gasteiger partial charge in [0.15, 0.2) is 6.61 Å². The van der Waals surface area contributed by atoms with Gasteiger partial charge in [0.25, 0.3) is 5.92 Å². The Kier molecular flexibility index (Phi) is 6.72. The number of nitrogens with zero attached hydrogens (tertiary/aromatic N) is 4. The maximum atomic E-state index is 15.9. The zero-order chi connectivity index (χ0) is 26.3. The van der Waals surface area contributed by atoms with Gasteiger partial charge in [-0.2, -0.15) is 13.2 Å². The first-order valence-electron chi connectivity index (χ1n) is 10.5. The molecule has 0 bridgehead atoms. The number of nitrogens with two attached hydrogens (primary N) is 1. The van der Waals surface area contributed by atoms with Crippen molar-refractivity contribution >= 4 is 10.0 Å². The molecular formula is C21H19F6N5O3S. The molecule has 3 aromatic rings. The number of primary sulfonamides is 1. The molecule has 0 saturated heterocycles. The van der Waals surface area contributed by atoms with Gasteiger partial charge in [-0.25, -0.2) is 31.7 Å². The second kappa shape index (κ2) is 9.35. The van der Waals surface area contributed by atoms with Gasteiger partial charge in [-0.3, -0.25) is 0 Å². The molecule has 1 aliphatic carbocycles. The Hall–Kier alpha value is -3.20. The Morgan fingerprint density at radius 1 is 1.11 bits per heavy atom. The van der Waals surface area contributed by atoms with E-state index in [1.165, 1.54) is 23.3 Å². The van der Waals surface area contributed by atoms with E-state index in [4.69, 9.17) is 5.14 Å². The van der Waals surface area contributed by atoms with Crippen LogP contribution in [-0.2, 0) is 10.0 Å². The van der Waals surface area contributed by atoms with Gasteiger partial charge in [0.2, 0.25) is 15.9 Å². The summed E-state index contributed by atoms with van der Waals surface area (Å²) in [5, 5.41) is 12.5. The molecule has 0 radical (unpaired) electrons. The van der Waals surface area contributed by atoms with Gasteiger partial charge in [0, 0.05) is 47.8 Å². The van der Waals surface area contributed by atoms with Crippen LogP contribution >= 0.6 is 0 Å². The zero-order valence-electron chi connectivity index (χ0n) is 18.3. The Labute approximate surface area is 201 Å². The summed E-state index contributed by atoms with van der Waals surface area (Å²) in [6, 6.07) is 3.55. The lowest BCUT2D eigenvalue weighted by molar-refractivity contribution is -0.154. The predicted octanol–water partition coefficient (Wildman–Crippen LogP) is 4.21. The van der Waals surface area contributed by atoms with E-state index in [-0.39, 0.29) is 23.4 Å². The van der Waals surface area contributed by atoms with Crippen molar-refractivity contribution < 1.29 is 39.5 Å². The highest BCUT2D eigenvalue weighted by atomic mass is 32.2. The van der Waals surface area contributed by atoms with Crippen molar-refractivity contribution in [2.24, 2.45) is 5.14 Å². The fraction of sp³-hybridized carbons (Fsp3) is 0.381. The lowest BCUT2D eigenvalue weighted by Gasteiger charge is -2.36. The quantitative estimate of drug-likeness (QED) is 0.473. The van der Waals surface area contributed by atoms with E-state index in [1.54, 1.807) is 0 Å². The lowest BCUT2D eigenvalue weighted by atomic mass is 9.78. The molecule has 0 aliphatic heterocycles. The second-order valence-corrected chi connectivity index (χ2v) is 9.96. The fourth-order valence-corrected chi connectivity index (χ4v) is 5.16. The molecule has 4 rings (SSSR count). The number of hydrogen-bond acceptors (Lipinski definition) is 6. The number of aromatic nitrogens is 4. The average molecular weight is 535 g/mol. The molecule has 2 heterocycles. The molecule has 2 N–H and O–H groups in total. The zero-order valence-corrected chi connectivity index (χ0v) is 19.1. The molecule has 1 aliphatic rings. The number of halogens is 6. The van der Waals surface area contributed by atoms with E-state index in [0.717, 1.165) is 24.4 Å². The van der Waals surface area contributed by atoms with Crippen LogP contribution in [0.3, 0.4) is 0 Å². The third kappa shape index (κ3) is 5.78. The van der Waals surface area contributed by atoms with Crippen LogP contribution in [0.4, 0.5) is 26.3 Å². The van der Waals surface area contributed by atoms with Gasteiger partial charge in [-0.15, -0.1) is 10.2 Å². The lowest BCUT2D eigenvalue weighted by Crippen LogP contribution is -2.33. The van der Waals surface area contributed by atoms with Crippen LogP contribution in [0, 0.1) is 5.82 Å². The summed E-state index contributed by atoms with van der Waals surface area (Å²) in [5.74, 6) is -5.97. The van der Waals surface area contributed by atoms with Gasteiger partial charge >= 0.3 is 6.18 Å². The van der Waals surface area contributed by atoms with Crippen molar-refractivity contribution in [3.63, 3.8) is 0 Å². The van der Waals surface area contributed by atoms with Crippen molar-refractivity contribution in [3.05, 3.63) is 54.5 Å². The molecule has 15 heteroatoms. The summed E-state index contributed by atoms with van der Waals surface area (Å²) >= 11 is 0. The van der Waals surface area contributed by atoms with Crippen LogP contribution in [0.25, 0.3) is 11.1 Å². The third-order valence-electron chi connectivity index (χ3n) is 5.78. The molecule has 2 atom stereocenters. The van der Waals surface area contributed by atoms with Crippen molar-refractivity contribution in [1.82, 2.24) is 19.7 Å². The molecule has 1 fully saturated rings. The number of pyridine rings is 1. The van der Waals surface area contributed by atoms with Crippen molar-refractivity contribution in [3.8, 4) is 17.0 Å². The van der Waals surface area contributed by atoms with Crippen LogP contribution < -0.4 is 9.88 Å². The molecular weight excluding hydrogens is 516 g/mol. The first-order valence-corrected chi connectivity index (χ1v) is 12.0. The van der Waals surface area contributed by atoms with Crippen LogP contribution in [-0.4, -0.2) is 46.9 Å². The molecule has 2 aromatic heterocycles. The normalized spacial score (nSPS) is 20.3. The summed E-state index contributed by atoms with van der Waals surface area (Å²) in [5.41, 5.74) is -0.626. The summed E-state index contributed by atoms with van der Waals surface area (Å²) in [4.78, 5) is 3.08. The molecule has 0 amide bonds. The van der Waals surface area contributed by atoms with Gasteiger partial charge in [0.05, 0.1) is 4.90 Å². The monoisotopic (exact) mass is 535 g/mol. The molecule has 194 valence electrons. The number of benzene rings is 1. The highest BCUT2D eigenvalue weighted by Gasteiger charge is 2.44. The van der Waals surface area contributed by atoms with Crippen LogP contribution in [0.15, 0.2) is 48.0 Å². The average Bonchev–Trinajstić information content (AvgIpc) is 3.31. The summed E-state index contributed by atoms with van der Waals surface area (Å²) in [7, 11) is -4.50. The van der Waals surface area contributed by atoms with E-state index in [0.29, 0.717) is 0 Å². The highest BCUT2D eigenvalue weighted by Crippen LogP contribution is 2.49. The van der Waals surface area contributed by atoms with Gasteiger partial charge in [0.1, 0.15) is 18.5 Å².